The van der Waals surface area contributed by atoms with Gasteiger partial charge in [0.25, 0.3) is 0 Å². The number of aliphatic hydroxyl groups is 3. The molecule has 1 aromatic heterocycles. The number of hydrogen-bond acceptors (Lipinski definition) is 4. The van der Waals surface area contributed by atoms with Gasteiger partial charge in [-0.2, -0.15) is 0 Å². The van der Waals surface area contributed by atoms with Crippen molar-refractivity contribution in [1.29, 1.82) is 0 Å². The minimum absolute atomic E-state index is 0.0767. The summed E-state index contributed by atoms with van der Waals surface area (Å²) in [5, 5.41) is 31.7. The Balaban J connectivity index is 2.14. The molecule has 0 spiro atoms. The fourth-order valence-electron chi connectivity index (χ4n) is 3.33. The SMILES string of the molecule is Cc1ccc2nc3c4c(ccc3c(CO)c2c1)[C@H](O)[C@@H](O)C=C4. The maximum absolute atomic E-state index is 10.2. The lowest BCUT2D eigenvalue weighted by Gasteiger charge is -2.23. The summed E-state index contributed by atoms with van der Waals surface area (Å²) in [7, 11) is 0. The molecule has 1 aliphatic carbocycles. The van der Waals surface area contributed by atoms with E-state index in [4.69, 9.17) is 4.98 Å². The van der Waals surface area contributed by atoms with Gasteiger partial charge >= 0.3 is 0 Å². The van der Waals surface area contributed by atoms with Gasteiger partial charge in [0.2, 0.25) is 0 Å². The second-order valence-corrected chi connectivity index (χ2v) is 6.03. The lowest BCUT2D eigenvalue weighted by atomic mass is 9.89. The summed E-state index contributed by atoms with van der Waals surface area (Å²) in [4.78, 5) is 4.75. The van der Waals surface area contributed by atoms with Gasteiger partial charge in [0.05, 0.1) is 17.6 Å². The average Bonchev–Trinajstić information content (AvgIpc) is 2.56. The Morgan fingerprint density at radius 2 is 1.91 bits per heavy atom. The first-order valence-electron chi connectivity index (χ1n) is 7.61. The van der Waals surface area contributed by atoms with Crippen LogP contribution >= 0.6 is 0 Å². The minimum atomic E-state index is -0.951. The van der Waals surface area contributed by atoms with Crippen LogP contribution in [0.2, 0.25) is 0 Å². The average molecular weight is 307 g/mol. The molecular weight excluding hydrogens is 290 g/mol. The van der Waals surface area contributed by atoms with Gasteiger partial charge in [0.15, 0.2) is 0 Å². The molecule has 3 aromatic rings. The van der Waals surface area contributed by atoms with Gasteiger partial charge < -0.3 is 15.3 Å². The summed E-state index contributed by atoms with van der Waals surface area (Å²) in [6.07, 6.45) is 1.52. The summed E-state index contributed by atoms with van der Waals surface area (Å²) in [5.41, 5.74) is 4.97. The lowest BCUT2D eigenvalue weighted by Crippen LogP contribution is -2.19. The molecular formula is C19H17NO3. The van der Waals surface area contributed by atoms with E-state index in [9.17, 15) is 15.3 Å². The predicted molar refractivity (Wildman–Crippen MR) is 89.9 cm³/mol. The van der Waals surface area contributed by atoms with Crippen LogP contribution in [-0.2, 0) is 6.61 Å². The Kier molecular flexibility index (Phi) is 3.20. The number of nitrogens with zero attached hydrogens (tertiary/aromatic N) is 1. The zero-order chi connectivity index (χ0) is 16.1. The largest absolute Gasteiger partial charge is 0.392 e. The van der Waals surface area contributed by atoms with Crippen molar-refractivity contribution in [3.8, 4) is 0 Å². The molecule has 23 heavy (non-hydrogen) atoms. The normalized spacial score (nSPS) is 20.2. The molecule has 0 amide bonds. The number of rotatable bonds is 1. The standard InChI is InChI=1S/C19H17NO3/c1-10-2-6-16-14(8-10)15(9-21)12-3-4-13-11(18(12)20-16)5-7-17(22)19(13)23/h2-8,17,19,21-23H,9H2,1H3/t17-,19-/m0/s1. The first-order valence-corrected chi connectivity index (χ1v) is 7.61. The van der Waals surface area contributed by atoms with E-state index in [1.165, 1.54) is 0 Å². The number of hydrogen-bond donors (Lipinski definition) is 3. The lowest BCUT2D eigenvalue weighted by molar-refractivity contribution is 0.0471. The molecule has 0 aliphatic heterocycles. The van der Waals surface area contributed by atoms with Gasteiger partial charge in [0.1, 0.15) is 12.2 Å². The molecule has 0 bridgehead atoms. The monoisotopic (exact) mass is 307 g/mol. The highest BCUT2D eigenvalue weighted by Crippen LogP contribution is 2.36. The molecule has 1 aliphatic rings. The van der Waals surface area contributed by atoms with E-state index in [0.717, 1.165) is 38.5 Å². The molecule has 0 saturated heterocycles. The molecule has 0 unspecified atom stereocenters. The maximum atomic E-state index is 10.2. The van der Waals surface area contributed by atoms with E-state index < -0.39 is 12.2 Å². The van der Waals surface area contributed by atoms with E-state index in [2.05, 4.69) is 0 Å². The maximum Gasteiger partial charge on any atom is 0.109 e. The smallest absolute Gasteiger partial charge is 0.109 e. The van der Waals surface area contributed by atoms with Crippen molar-refractivity contribution >= 4 is 27.9 Å². The Morgan fingerprint density at radius 1 is 1.09 bits per heavy atom. The highest BCUT2D eigenvalue weighted by Gasteiger charge is 2.24. The van der Waals surface area contributed by atoms with Crippen molar-refractivity contribution in [2.75, 3.05) is 0 Å². The van der Waals surface area contributed by atoms with Crippen LogP contribution in [0.15, 0.2) is 36.4 Å². The number of benzene rings is 2. The Hall–Kier alpha value is -2.27. The molecule has 4 heteroatoms. The summed E-state index contributed by atoms with van der Waals surface area (Å²) in [6.45, 7) is 1.94. The fourth-order valence-corrected chi connectivity index (χ4v) is 3.33. The van der Waals surface area contributed by atoms with Crippen LogP contribution in [-0.4, -0.2) is 26.4 Å². The third-order valence-electron chi connectivity index (χ3n) is 4.55. The van der Waals surface area contributed by atoms with Gasteiger partial charge in [-0.3, -0.25) is 0 Å². The van der Waals surface area contributed by atoms with Crippen molar-refractivity contribution in [3.05, 3.63) is 58.7 Å². The molecule has 116 valence electrons. The Morgan fingerprint density at radius 3 is 2.70 bits per heavy atom. The first kappa shape index (κ1) is 14.3. The molecule has 2 aromatic carbocycles. The van der Waals surface area contributed by atoms with Crippen molar-refractivity contribution in [1.82, 2.24) is 4.98 Å². The highest BCUT2D eigenvalue weighted by atomic mass is 16.3. The summed E-state index contributed by atoms with van der Waals surface area (Å²) < 4.78 is 0. The Labute approximate surface area is 133 Å². The highest BCUT2D eigenvalue weighted by molar-refractivity contribution is 6.01. The van der Waals surface area contributed by atoms with Crippen LogP contribution in [0.1, 0.15) is 28.4 Å². The van der Waals surface area contributed by atoms with E-state index in [-0.39, 0.29) is 6.61 Å². The van der Waals surface area contributed by atoms with E-state index in [0.29, 0.717) is 5.56 Å². The van der Waals surface area contributed by atoms with E-state index in [1.54, 1.807) is 18.2 Å². The van der Waals surface area contributed by atoms with E-state index >= 15 is 0 Å². The van der Waals surface area contributed by atoms with Crippen LogP contribution in [0.3, 0.4) is 0 Å². The van der Waals surface area contributed by atoms with Gasteiger partial charge in [0, 0.05) is 16.3 Å². The van der Waals surface area contributed by atoms with E-state index in [1.807, 2.05) is 31.2 Å². The van der Waals surface area contributed by atoms with Crippen molar-refractivity contribution < 1.29 is 15.3 Å². The summed E-state index contributed by atoms with van der Waals surface area (Å²) in [6, 6.07) is 9.63. The molecule has 0 fully saturated rings. The molecule has 3 N–H and O–H groups in total. The molecule has 1 heterocycles. The van der Waals surface area contributed by atoms with Crippen LogP contribution in [0.25, 0.3) is 27.9 Å². The second kappa shape index (κ2) is 5.13. The Bertz CT molecular complexity index is 962. The number of aromatic nitrogens is 1. The number of pyridine rings is 1. The van der Waals surface area contributed by atoms with Crippen LogP contribution < -0.4 is 0 Å². The number of aliphatic hydroxyl groups excluding tert-OH is 3. The fraction of sp³-hybridized carbons (Fsp3) is 0.211. The van der Waals surface area contributed by atoms with Crippen molar-refractivity contribution in [2.45, 2.75) is 25.7 Å². The first-order chi connectivity index (χ1) is 11.1. The zero-order valence-corrected chi connectivity index (χ0v) is 12.7. The van der Waals surface area contributed by atoms with Gasteiger partial charge in [-0.1, -0.05) is 35.9 Å². The molecule has 0 saturated carbocycles. The molecule has 2 atom stereocenters. The number of aryl methyl sites for hydroxylation is 1. The topological polar surface area (TPSA) is 73.6 Å². The summed E-state index contributed by atoms with van der Waals surface area (Å²) in [5.74, 6) is 0. The van der Waals surface area contributed by atoms with Crippen LogP contribution in [0, 0.1) is 6.92 Å². The third kappa shape index (κ3) is 2.07. The minimum Gasteiger partial charge on any atom is -0.392 e. The molecule has 4 nitrogen and oxygen atoms in total. The summed E-state index contributed by atoms with van der Waals surface area (Å²) >= 11 is 0. The van der Waals surface area contributed by atoms with Gasteiger partial charge in [-0.15, -0.1) is 0 Å². The van der Waals surface area contributed by atoms with Gasteiger partial charge in [-0.05, 0) is 30.2 Å². The van der Waals surface area contributed by atoms with Crippen LogP contribution in [0.5, 0.6) is 0 Å². The van der Waals surface area contributed by atoms with Crippen molar-refractivity contribution in [3.63, 3.8) is 0 Å². The second-order valence-electron chi connectivity index (χ2n) is 6.03. The third-order valence-corrected chi connectivity index (χ3v) is 4.55. The van der Waals surface area contributed by atoms with Crippen LogP contribution in [0.4, 0.5) is 0 Å². The molecule has 4 rings (SSSR count). The van der Waals surface area contributed by atoms with Gasteiger partial charge in [-0.25, -0.2) is 4.98 Å². The number of fused-ring (bicyclic) bond motifs is 4. The van der Waals surface area contributed by atoms with Crippen molar-refractivity contribution in [2.24, 2.45) is 0 Å². The predicted octanol–water partition coefficient (Wildman–Crippen LogP) is 2.61. The zero-order valence-electron chi connectivity index (χ0n) is 12.7. The molecule has 0 radical (unpaired) electrons. The quantitative estimate of drug-likeness (QED) is 0.604.